The molecular weight excluding hydrogens is 373 g/mol. The lowest BCUT2D eigenvalue weighted by atomic mass is 10.1. The van der Waals surface area contributed by atoms with Gasteiger partial charge in [-0.3, -0.25) is 0 Å². The molecule has 0 fully saturated rings. The average Bonchev–Trinajstić information content (AvgIpc) is 3.00. The number of aliphatic imine (C=N–C) groups is 1. The zero-order chi connectivity index (χ0) is 15.6. The van der Waals surface area contributed by atoms with Gasteiger partial charge in [0.15, 0.2) is 0 Å². The zero-order valence-electron chi connectivity index (χ0n) is 12.5. The van der Waals surface area contributed by atoms with Crippen LogP contribution in [0.4, 0.5) is 4.39 Å². The smallest absolute Gasteiger partial charge is 0.380 e. The Bertz CT molecular complexity index is 856. The molecule has 4 rings (SSSR count). The third kappa shape index (κ3) is 3.22. The van der Waals surface area contributed by atoms with Crippen LogP contribution < -0.4 is 22.0 Å². The van der Waals surface area contributed by atoms with Crippen LogP contribution in [0.3, 0.4) is 0 Å². The molecule has 0 bridgehead atoms. The van der Waals surface area contributed by atoms with Gasteiger partial charge in [0.2, 0.25) is 0 Å². The Morgan fingerprint density at radius 3 is 2.42 bits per heavy atom. The van der Waals surface area contributed by atoms with Crippen LogP contribution in [-0.2, 0) is 6.42 Å². The maximum Gasteiger partial charge on any atom is 0.380 e. The number of benzene rings is 2. The topological polar surface area (TPSA) is 53.9 Å². The van der Waals surface area contributed by atoms with E-state index in [2.05, 4.69) is 20.3 Å². The molecule has 1 N–H and O–H groups in total. The highest BCUT2D eigenvalue weighted by atomic mass is 79.9. The van der Waals surface area contributed by atoms with Crippen molar-refractivity contribution in [3.63, 3.8) is 0 Å². The summed E-state index contributed by atoms with van der Waals surface area (Å²) in [5, 5.41) is 13.5. The third-order valence-corrected chi connectivity index (χ3v) is 3.65. The maximum atomic E-state index is 13.0. The van der Waals surface area contributed by atoms with E-state index >= 15 is 0 Å². The summed E-state index contributed by atoms with van der Waals surface area (Å²) in [5.41, 5.74) is 2.72. The Balaban J connectivity index is 0.00000169. The van der Waals surface area contributed by atoms with E-state index in [9.17, 15) is 4.39 Å². The number of halogens is 2. The predicted molar refractivity (Wildman–Crippen MR) is 87.4 cm³/mol. The van der Waals surface area contributed by atoms with Crippen molar-refractivity contribution >= 4 is 23.7 Å². The van der Waals surface area contributed by atoms with E-state index in [-0.39, 0.29) is 22.8 Å². The van der Waals surface area contributed by atoms with Gasteiger partial charge in [0.25, 0.3) is 5.84 Å². The van der Waals surface area contributed by atoms with Crippen LogP contribution >= 0.6 is 0 Å². The van der Waals surface area contributed by atoms with Crippen LogP contribution in [0.25, 0.3) is 0 Å². The number of fused-ring (bicyclic) bond motifs is 1. The van der Waals surface area contributed by atoms with Gasteiger partial charge in [-0.1, -0.05) is 62.8 Å². The van der Waals surface area contributed by atoms with Crippen molar-refractivity contribution in [1.29, 1.82) is 0 Å². The van der Waals surface area contributed by atoms with Crippen LogP contribution in [0.5, 0.6) is 0 Å². The molecule has 1 unspecified atom stereocenters. The summed E-state index contributed by atoms with van der Waals surface area (Å²) in [6.45, 7) is 0. The van der Waals surface area contributed by atoms with E-state index in [1.807, 2.05) is 30.3 Å². The van der Waals surface area contributed by atoms with Crippen molar-refractivity contribution < 1.29 is 26.4 Å². The number of nitrogens with zero attached hydrogens (tertiary/aromatic N) is 4. The monoisotopic (exact) mass is 385 g/mol. The van der Waals surface area contributed by atoms with Gasteiger partial charge in [-0.15, -0.1) is 0 Å². The summed E-state index contributed by atoms with van der Waals surface area (Å²) in [5.74, 6) is 1.03. The first-order valence-electron chi connectivity index (χ1n) is 7.24. The first kappa shape index (κ1) is 16.4. The maximum absolute atomic E-state index is 13.0. The fourth-order valence-electron chi connectivity index (χ4n) is 2.47. The van der Waals surface area contributed by atoms with Crippen molar-refractivity contribution in [2.75, 3.05) is 0 Å². The SMILES string of the molecule is Fc1ccc(CC2=NN=C3N=C(c4ccccc4)C=N[NH+]23)cc1.[Br-]. The number of amidine groups is 1. The van der Waals surface area contributed by atoms with Gasteiger partial charge in [-0.25, -0.2) is 4.39 Å². The lowest BCUT2D eigenvalue weighted by Gasteiger charge is -2.11. The lowest BCUT2D eigenvalue weighted by molar-refractivity contribution is -0.709. The second kappa shape index (κ2) is 6.94. The molecule has 120 valence electrons. The van der Waals surface area contributed by atoms with Gasteiger partial charge in [0, 0.05) is 5.56 Å². The molecule has 0 saturated carbocycles. The molecule has 0 amide bonds. The van der Waals surface area contributed by atoms with Gasteiger partial charge >= 0.3 is 5.96 Å². The molecule has 2 heterocycles. The summed E-state index contributed by atoms with van der Waals surface area (Å²) in [4.78, 5) is 4.53. The fourth-order valence-corrected chi connectivity index (χ4v) is 2.47. The van der Waals surface area contributed by atoms with Crippen LogP contribution in [0, 0.1) is 5.82 Å². The molecular formula is C17H13BrFN5. The minimum Gasteiger partial charge on any atom is -1.00 e. The Hall–Kier alpha value is -2.51. The minimum atomic E-state index is -0.250. The largest absolute Gasteiger partial charge is 1.00 e. The molecule has 0 radical (unpaired) electrons. The van der Waals surface area contributed by atoms with Gasteiger partial charge in [-0.05, 0) is 17.7 Å². The van der Waals surface area contributed by atoms with Gasteiger partial charge in [0.05, 0.1) is 6.42 Å². The Morgan fingerprint density at radius 2 is 1.67 bits per heavy atom. The Morgan fingerprint density at radius 1 is 0.917 bits per heavy atom. The van der Waals surface area contributed by atoms with E-state index < -0.39 is 0 Å². The highest BCUT2D eigenvalue weighted by Gasteiger charge is 2.33. The lowest BCUT2D eigenvalue weighted by Crippen LogP contribution is -3.12. The van der Waals surface area contributed by atoms with Gasteiger partial charge in [0.1, 0.15) is 17.7 Å². The van der Waals surface area contributed by atoms with Gasteiger partial charge < -0.3 is 17.0 Å². The molecule has 7 heteroatoms. The van der Waals surface area contributed by atoms with E-state index in [4.69, 9.17) is 0 Å². The second-order valence-electron chi connectivity index (χ2n) is 5.24. The van der Waals surface area contributed by atoms with Crippen molar-refractivity contribution in [2.24, 2.45) is 20.3 Å². The quantitative estimate of drug-likeness (QED) is 0.663. The molecule has 2 aliphatic heterocycles. The van der Waals surface area contributed by atoms with Crippen LogP contribution in [0.15, 0.2) is 74.9 Å². The first-order valence-corrected chi connectivity index (χ1v) is 7.24. The van der Waals surface area contributed by atoms with Crippen molar-refractivity contribution in [1.82, 2.24) is 0 Å². The molecule has 0 saturated heterocycles. The predicted octanol–water partition coefficient (Wildman–Crippen LogP) is -1.57. The summed E-state index contributed by atoms with van der Waals surface area (Å²) in [6, 6.07) is 16.2. The Kier molecular flexibility index (Phi) is 4.73. The summed E-state index contributed by atoms with van der Waals surface area (Å²) in [6.07, 6.45) is 2.28. The molecule has 24 heavy (non-hydrogen) atoms. The molecule has 2 aliphatic rings. The van der Waals surface area contributed by atoms with E-state index in [0.29, 0.717) is 17.4 Å². The molecule has 0 aromatic heterocycles. The standard InChI is InChI=1S/C17H12FN5.BrH/c18-14-8-6-12(7-9-14)10-16-21-22-17-20-15(11-19-23(16)17)13-4-2-1-3-5-13;/h1-9,11H,10H2;1H. The van der Waals surface area contributed by atoms with E-state index in [1.54, 1.807) is 18.3 Å². The zero-order valence-corrected chi connectivity index (χ0v) is 14.1. The van der Waals surface area contributed by atoms with Crippen LogP contribution in [0.1, 0.15) is 11.1 Å². The van der Waals surface area contributed by atoms with Crippen molar-refractivity contribution in [2.45, 2.75) is 6.42 Å². The van der Waals surface area contributed by atoms with Crippen LogP contribution in [0.2, 0.25) is 0 Å². The molecule has 1 atom stereocenters. The van der Waals surface area contributed by atoms with Gasteiger partial charge in [-0.2, -0.15) is 4.99 Å². The normalized spacial score (nSPS) is 18.2. The number of guanidine groups is 1. The summed E-state index contributed by atoms with van der Waals surface area (Å²) < 4.78 is 13.0. The second-order valence-corrected chi connectivity index (χ2v) is 5.24. The molecule has 2 aromatic carbocycles. The van der Waals surface area contributed by atoms with Crippen molar-refractivity contribution in [3.05, 3.63) is 71.5 Å². The molecule has 5 nitrogen and oxygen atoms in total. The van der Waals surface area contributed by atoms with E-state index in [0.717, 1.165) is 22.7 Å². The molecule has 0 aliphatic carbocycles. The summed E-state index contributed by atoms with van der Waals surface area (Å²) in [7, 11) is 0. The third-order valence-electron chi connectivity index (χ3n) is 3.65. The number of hydrogen-bond donors (Lipinski definition) is 1. The average molecular weight is 386 g/mol. The van der Waals surface area contributed by atoms with Crippen LogP contribution in [-0.4, -0.2) is 23.7 Å². The highest BCUT2D eigenvalue weighted by molar-refractivity contribution is 6.40. The fraction of sp³-hybridized carbons (Fsp3) is 0.0588. The highest BCUT2D eigenvalue weighted by Crippen LogP contribution is 2.06. The van der Waals surface area contributed by atoms with Crippen molar-refractivity contribution in [3.8, 4) is 0 Å². The molecule has 2 aromatic rings. The minimum absolute atomic E-state index is 0. The number of rotatable bonds is 3. The Labute approximate surface area is 148 Å². The number of hydrogen-bond acceptors (Lipinski definition) is 4. The van der Waals surface area contributed by atoms with E-state index in [1.165, 1.54) is 12.1 Å². The number of quaternary nitrogens is 1. The molecule has 0 spiro atoms. The first-order chi connectivity index (χ1) is 11.3. The number of nitrogens with one attached hydrogen (secondary N) is 1. The summed E-state index contributed by atoms with van der Waals surface area (Å²) >= 11 is 0.